The van der Waals surface area contributed by atoms with E-state index in [0.717, 1.165) is 4.57 Å². The van der Waals surface area contributed by atoms with Gasteiger partial charge in [0.1, 0.15) is 18.0 Å². The highest BCUT2D eigenvalue weighted by Crippen LogP contribution is 2.12. The Hall–Kier alpha value is -1.89. The van der Waals surface area contributed by atoms with Crippen LogP contribution in [0.3, 0.4) is 0 Å². The molecule has 100 valence electrons. The minimum Gasteiger partial charge on any atom is -0.468 e. The first kappa shape index (κ1) is 14.2. The minimum absolute atomic E-state index is 0.243. The second-order valence-electron chi connectivity index (χ2n) is 4.69. The lowest BCUT2D eigenvalue weighted by Crippen LogP contribution is -2.26. The number of aromatic nitrogens is 2. The van der Waals surface area contributed by atoms with Crippen LogP contribution in [-0.4, -0.2) is 34.3 Å². The van der Waals surface area contributed by atoms with E-state index in [9.17, 15) is 9.59 Å². The molecular formula is C11H17N3O4. The van der Waals surface area contributed by atoms with Crippen molar-refractivity contribution in [1.82, 2.24) is 9.55 Å². The van der Waals surface area contributed by atoms with Gasteiger partial charge < -0.3 is 15.2 Å². The molecule has 0 bridgehead atoms. The van der Waals surface area contributed by atoms with Crippen LogP contribution in [0.1, 0.15) is 32.5 Å². The summed E-state index contributed by atoms with van der Waals surface area (Å²) in [5.41, 5.74) is 5.23. The molecule has 0 spiro atoms. The third kappa shape index (κ3) is 3.56. The van der Waals surface area contributed by atoms with Gasteiger partial charge in [0.15, 0.2) is 0 Å². The van der Waals surface area contributed by atoms with E-state index in [1.165, 1.54) is 19.6 Å². The number of methoxy groups -OCH3 is 1. The van der Waals surface area contributed by atoms with Crippen molar-refractivity contribution >= 4 is 12.1 Å². The van der Waals surface area contributed by atoms with Crippen LogP contribution in [0.2, 0.25) is 0 Å². The summed E-state index contributed by atoms with van der Waals surface area (Å²) in [6, 6.07) is -1.02. The molecule has 1 aromatic rings. The smallest absolute Gasteiger partial charge is 0.419 e. The molecular weight excluding hydrogens is 238 g/mol. The predicted octanol–water partition coefficient (Wildman–Crippen LogP) is 0.839. The number of nitrogens with two attached hydrogens (primary N) is 1. The zero-order valence-corrected chi connectivity index (χ0v) is 10.8. The molecule has 0 amide bonds. The number of carbonyl (C=O) groups excluding carboxylic acids is 2. The van der Waals surface area contributed by atoms with Gasteiger partial charge in [0.2, 0.25) is 0 Å². The Bertz CT molecular complexity index is 447. The van der Waals surface area contributed by atoms with Gasteiger partial charge in [0.05, 0.1) is 12.8 Å². The number of esters is 1. The molecule has 18 heavy (non-hydrogen) atoms. The van der Waals surface area contributed by atoms with Crippen molar-refractivity contribution in [3.8, 4) is 0 Å². The summed E-state index contributed by atoms with van der Waals surface area (Å²) in [7, 11) is 1.23. The van der Waals surface area contributed by atoms with Crippen molar-refractivity contribution in [3.63, 3.8) is 0 Å². The van der Waals surface area contributed by atoms with E-state index < -0.39 is 23.7 Å². The molecule has 7 heteroatoms. The molecule has 0 aromatic carbocycles. The Morgan fingerprint density at radius 2 is 2.06 bits per heavy atom. The summed E-state index contributed by atoms with van der Waals surface area (Å²) >= 11 is 0. The Balaban J connectivity index is 2.80. The maximum atomic E-state index is 11.7. The summed E-state index contributed by atoms with van der Waals surface area (Å²) in [6.45, 7) is 5.26. The summed E-state index contributed by atoms with van der Waals surface area (Å²) < 4.78 is 10.7. The Morgan fingerprint density at radius 3 is 2.56 bits per heavy atom. The number of ether oxygens (including phenoxy) is 2. The van der Waals surface area contributed by atoms with Crippen LogP contribution < -0.4 is 5.73 Å². The second-order valence-corrected chi connectivity index (χ2v) is 4.69. The number of nitrogens with zero attached hydrogens (tertiary/aromatic N) is 2. The fourth-order valence-electron chi connectivity index (χ4n) is 1.16. The first-order chi connectivity index (χ1) is 8.24. The van der Waals surface area contributed by atoms with Gasteiger partial charge in [-0.05, 0) is 20.8 Å². The molecule has 1 unspecified atom stereocenters. The van der Waals surface area contributed by atoms with Gasteiger partial charge in [-0.3, -0.25) is 0 Å². The number of hydrogen-bond donors (Lipinski definition) is 1. The summed E-state index contributed by atoms with van der Waals surface area (Å²) in [5, 5.41) is 0. The van der Waals surface area contributed by atoms with Gasteiger partial charge in [0.25, 0.3) is 0 Å². The fourth-order valence-corrected chi connectivity index (χ4v) is 1.16. The van der Waals surface area contributed by atoms with Gasteiger partial charge >= 0.3 is 12.1 Å². The average molecular weight is 255 g/mol. The SMILES string of the molecule is COC(=O)C(N)c1cn(C(=O)OC(C)(C)C)cn1. The minimum atomic E-state index is -1.02. The normalized spacial score (nSPS) is 12.9. The molecule has 1 heterocycles. The van der Waals surface area contributed by atoms with Crippen LogP contribution in [0.15, 0.2) is 12.5 Å². The van der Waals surface area contributed by atoms with Crippen molar-refractivity contribution in [2.24, 2.45) is 5.73 Å². The van der Waals surface area contributed by atoms with E-state index in [0.29, 0.717) is 0 Å². The maximum absolute atomic E-state index is 11.7. The van der Waals surface area contributed by atoms with Gasteiger partial charge in [-0.2, -0.15) is 0 Å². The van der Waals surface area contributed by atoms with Crippen molar-refractivity contribution in [1.29, 1.82) is 0 Å². The topological polar surface area (TPSA) is 96.4 Å². The van der Waals surface area contributed by atoms with Crippen molar-refractivity contribution in [2.75, 3.05) is 7.11 Å². The quantitative estimate of drug-likeness (QED) is 0.786. The van der Waals surface area contributed by atoms with E-state index in [1.807, 2.05) is 0 Å². The Kier molecular flexibility index (Phi) is 4.07. The molecule has 1 rings (SSSR count). The second kappa shape index (κ2) is 5.18. The molecule has 0 aliphatic carbocycles. The first-order valence-corrected chi connectivity index (χ1v) is 5.35. The highest BCUT2D eigenvalue weighted by atomic mass is 16.6. The van der Waals surface area contributed by atoms with E-state index >= 15 is 0 Å². The van der Waals surface area contributed by atoms with Crippen LogP contribution in [0, 0.1) is 0 Å². The van der Waals surface area contributed by atoms with Gasteiger partial charge in [-0.1, -0.05) is 0 Å². The molecule has 2 N–H and O–H groups in total. The van der Waals surface area contributed by atoms with Crippen molar-refractivity contribution in [2.45, 2.75) is 32.4 Å². The lowest BCUT2D eigenvalue weighted by molar-refractivity contribution is -0.142. The molecule has 0 fully saturated rings. The lowest BCUT2D eigenvalue weighted by Gasteiger charge is -2.19. The van der Waals surface area contributed by atoms with Gasteiger partial charge in [-0.25, -0.2) is 19.1 Å². The monoisotopic (exact) mass is 255 g/mol. The fraction of sp³-hybridized carbons (Fsp3) is 0.545. The number of imidazole rings is 1. The van der Waals surface area contributed by atoms with E-state index in [-0.39, 0.29) is 5.69 Å². The molecule has 1 atom stereocenters. The van der Waals surface area contributed by atoms with Crippen LogP contribution in [0.5, 0.6) is 0 Å². The molecule has 0 aliphatic heterocycles. The molecule has 0 aliphatic rings. The third-order valence-electron chi connectivity index (χ3n) is 1.98. The van der Waals surface area contributed by atoms with E-state index in [1.54, 1.807) is 20.8 Å². The largest absolute Gasteiger partial charge is 0.468 e. The van der Waals surface area contributed by atoms with Crippen LogP contribution in [-0.2, 0) is 14.3 Å². The molecule has 0 saturated carbocycles. The average Bonchev–Trinajstić information content (AvgIpc) is 2.73. The molecule has 0 saturated heterocycles. The summed E-state index contributed by atoms with van der Waals surface area (Å²) in [6.07, 6.45) is 2.00. The molecule has 0 radical (unpaired) electrons. The number of hydrogen-bond acceptors (Lipinski definition) is 6. The summed E-state index contributed by atoms with van der Waals surface area (Å²) in [5.74, 6) is -0.621. The molecule has 1 aromatic heterocycles. The number of rotatable bonds is 2. The maximum Gasteiger partial charge on any atom is 0.419 e. The Labute approximate surface area is 105 Å². The van der Waals surface area contributed by atoms with E-state index in [4.69, 9.17) is 10.5 Å². The lowest BCUT2D eigenvalue weighted by atomic mass is 10.2. The third-order valence-corrected chi connectivity index (χ3v) is 1.98. The number of carbonyl (C=O) groups is 2. The highest BCUT2D eigenvalue weighted by Gasteiger charge is 2.22. The molecule has 7 nitrogen and oxygen atoms in total. The van der Waals surface area contributed by atoms with Gasteiger partial charge in [-0.15, -0.1) is 0 Å². The standard InChI is InChI=1S/C11H17N3O4/c1-11(2,3)18-10(16)14-5-7(13-6-14)8(12)9(15)17-4/h5-6,8H,12H2,1-4H3. The zero-order valence-electron chi connectivity index (χ0n) is 10.8. The van der Waals surface area contributed by atoms with Crippen LogP contribution >= 0.6 is 0 Å². The van der Waals surface area contributed by atoms with Crippen molar-refractivity contribution in [3.05, 3.63) is 18.2 Å². The first-order valence-electron chi connectivity index (χ1n) is 5.35. The van der Waals surface area contributed by atoms with Crippen LogP contribution in [0.4, 0.5) is 4.79 Å². The Morgan fingerprint density at radius 1 is 1.44 bits per heavy atom. The van der Waals surface area contributed by atoms with E-state index in [2.05, 4.69) is 9.72 Å². The van der Waals surface area contributed by atoms with Crippen molar-refractivity contribution < 1.29 is 19.1 Å². The van der Waals surface area contributed by atoms with Crippen LogP contribution in [0.25, 0.3) is 0 Å². The summed E-state index contributed by atoms with van der Waals surface area (Å²) in [4.78, 5) is 26.8. The zero-order chi connectivity index (χ0) is 13.9. The highest BCUT2D eigenvalue weighted by molar-refractivity contribution is 5.77. The predicted molar refractivity (Wildman–Crippen MR) is 62.8 cm³/mol. The van der Waals surface area contributed by atoms with Gasteiger partial charge in [0, 0.05) is 6.20 Å².